The van der Waals surface area contributed by atoms with E-state index in [-0.39, 0.29) is 24.9 Å². The van der Waals surface area contributed by atoms with Gasteiger partial charge < -0.3 is 20.4 Å². The van der Waals surface area contributed by atoms with E-state index in [1.807, 2.05) is 37.3 Å². The maximum atomic E-state index is 12.3. The lowest BCUT2D eigenvalue weighted by Gasteiger charge is -2.36. The second-order valence-corrected chi connectivity index (χ2v) is 7.08. The van der Waals surface area contributed by atoms with Gasteiger partial charge in [0.25, 0.3) is 0 Å². The number of carbonyl (C=O) groups excluding carboxylic acids is 2. The molecule has 1 aromatic heterocycles. The van der Waals surface area contributed by atoms with Crippen molar-refractivity contribution in [3.05, 3.63) is 53.2 Å². The number of amides is 3. The molecule has 0 radical (unpaired) electrons. The van der Waals surface area contributed by atoms with E-state index in [2.05, 4.69) is 20.5 Å². The van der Waals surface area contributed by atoms with Crippen molar-refractivity contribution in [2.45, 2.75) is 13.3 Å². The number of halogens is 1. The third kappa shape index (κ3) is 5.36. The van der Waals surface area contributed by atoms with E-state index in [1.54, 1.807) is 17.2 Å². The predicted octanol–water partition coefficient (Wildman–Crippen LogP) is 2.90. The molecule has 1 aliphatic rings. The zero-order chi connectivity index (χ0) is 19.9. The second-order valence-electron chi connectivity index (χ2n) is 6.68. The Labute approximate surface area is 169 Å². The molecule has 0 saturated carbocycles. The lowest BCUT2D eigenvalue weighted by atomic mass is 10.2. The third-order valence-electron chi connectivity index (χ3n) is 4.57. The van der Waals surface area contributed by atoms with Crippen LogP contribution in [0.3, 0.4) is 0 Å². The molecule has 28 heavy (non-hydrogen) atoms. The van der Waals surface area contributed by atoms with E-state index in [9.17, 15) is 9.59 Å². The molecule has 0 bridgehead atoms. The maximum absolute atomic E-state index is 12.3. The van der Waals surface area contributed by atoms with Gasteiger partial charge in [-0.3, -0.25) is 4.79 Å². The first-order chi connectivity index (χ1) is 13.5. The van der Waals surface area contributed by atoms with Gasteiger partial charge in [-0.2, -0.15) is 0 Å². The largest absolute Gasteiger partial charge is 0.367 e. The van der Waals surface area contributed by atoms with Gasteiger partial charge in [-0.25, -0.2) is 9.78 Å². The normalized spacial score (nSPS) is 13.9. The molecule has 7 nitrogen and oxygen atoms in total. The molecule has 8 heteroatoms. The van der Waals surface area contributed by atoms with E-state index in [0.717, 1.165) is 29.4 Å². The highest BCUT2D eigenvalue weighted by molar-refractivity contribution is 6.33. The van der Waals surface area contributed by atoms with Crippen LogP contribution in [0.25, 0.3) is 0 Å². The highest BCUT2D eigenvalue weighted by Gasteiger charge is 2.22. The van der Waals surface area contributed by atoms with Crippen molar-refractivity contribution >= 4 is 35.0 Å². The summed E-state index contributed by atoms with van der Waals surface area (Å²) >= 11 is 6.24. The van der Waals surface area contributed by atoms with Crippen molar-refractivity contribution in [3.63, 3.8) is 0 Å². The molecule has 1 saturated heterocycles. The predicted molar refractivity (Wildman–Crippen MR) is 111 cm³/mol. The number of carbonyl (C=O) groups is 2. The Morgan fingerprint density at radius 3 is 2.54 bits per heavy atom. The van der Waals surface area contributed by atoms with Gasteiger partial charge in [-0.15, -0.1) is 0 Å². The standard InChI is InChI=1S/C20H24ClN5O2/c1-15-6-7-18(23-14-15)24-19(27)8-9-22-20(28)26-12-10-25(11-13-26)17-5-3-2-4-16(17)21/h2-7,14H,8-13H2,1H3,(H,22,28)(H,23,24,27). The molecule has 0 unspecified atom stereocenters. The minimum atomic E-state index is -0.180. The van der Waals surface area contributed by atoms with E-state index in [0.29, 0.717) is 18.9 Å². The fourth-order valence-corrected chi connectivity index (χ4v) is 3.26. The molecule has 3 rings (SSSR count). The van der Waals surface area contributed by atoms with Gasteiger partial charge in [0.15, 0.2) is 0 Å². The number of rotatable bonds is 5. The summed E-state index contributed by atoms with van der Waals surface area (Å²) in [7, 11) is 0. The third-order valence-corrected chi connectivity index (χ3v) is 4.89. The van der Waals surface area contributed by atoms with Gasteiger partial charge in [-0.05, 0) is 30.7 Å². The smallest absolute Gasteiger partial charge is 0.317 e. The number of hydrogen-bond donors (Lipinski definition) is 2. The fraction of sp³-hybridized carbons (Fsp3) is 0.350. The summed E-state index contributed by atoms with van der Waals surface area (Å²) in [5, 5.41) is 6.24. The Morgan fingerprint density at radius 1 is 1.11 bits per heavy atom. The molecule has 0 aliphatic carbocycles. The number of benzene rings is 1. The second kappa shape index (κ2) is 9.41. The van der Waals surface area contributed by atoms with Gasteiger partial charge in [0, 0.05) is 45.3 Å². The number of piperazine rings is 1. The first-order valence-electron chi connectivity index (χ1n) is 9.27. The minimum absolute atomic E-state index is 0.153. The zero-order valence-corrected chi connectivity index (χ0v) is 16.6. The molecular weight excluding hydrogens is 378 g/mol. The van der Waals surface area contributed by atoms with Crippen LogP contribution in [0, 0.1) is 6.92 Å². The van der Waals surface area contributed by atoms with Crippen LogP contribution < -0.4 is 15.5 Å². The van der Waals surface area contributed by atoms with Gasteiger partial charge in [0.1, 0.15) is 5.82 Å². The average molecular weight is 402 g/mol. The van der Waals surface area contributed by atoms with Crippen LogP contribution in [0.15, 0.2) is 42.6 Å². The summed E-state index contributed by atoms with van der Waals surface area (Å²) in [5.74, 6) is 0.331. The monoisotopic (exact) mass is 401 g/mol. The number of para-hydroxylation sites is 1. The van der Waals surface area contributed by atoms with Crippen LogP contribution in [0.1, 0.15) is 12.0 Å². The first-order valence-corrected chi connectivity index (χ1v) is 9.65. The summed E-state index contributed by atoms with van der Waals surface area (Å²) in [6.45, 7) is 4.87. The number of aromatic nitrogens is 1. The summed E-state index contributed by atoms with van der Waals surface area (Å²) in [6.07, 6.45) is 1.89. The van der Waals surface area contributed by atoms with E-state index in [1.165, 1.54) is 0 Å². The van der Waals surface area contributed by atoms with Crippen molar-refractivity contribution < 1.29 is 9.59 Å². The number of hydrogen-bond acceptors (Lipinski definition) is 4. The van der Waals surface area contributed by atoms with Gasteiger partial charge in [-0.1, -0.05) is 29.8 Å². The van der Waals surface area contributed by atoms with Gasteiger partial charge in [0.2, 0.25) is 5.91 Å². The van der Waals surface area contributed by atoms with Crippen molar-refractivity contribution in [1.82, 2.24) is 15.2 Å². The van der Waals surface area contributed by atoms with Crippen LogP contribution in [-0.2, 0) is 4.79 Å². The topological polar surface area (TPSA) is 77.6 Å². The molecule has 2 aromatic rings. The Bertz CT molecular complexity index is 820. The lowest BCUT2D eigenvalue weighted by molar-refractivity contribution is -0.116. The molecule has 1 aliphatic heterocycles. The number of aryl methyl sites for hydroxylation is 1. The summed E-state index contributed by atoms with van der Waals surface area (Å²) in [4.78, 5) is 32.3. The van der Waals surface area contributed by atoms with Crippen molar-refractivity contribution in [2.75, 3.05) is 42.9 Å². The van der Waals surface area contributed by atoms with E-state index < -0.39 is 0 Å². The highest BCUT2D eigenvalue weighted by Crippen LogP contribution is 2.25. The molecule has 2 heterocycles. The molecule has 3 amide bonds. The van der Waals surface area contributed by atoms with Crippen LogP contribution in [-0.4, -0.2) is 54.5 Å². The van der Waals surface area contributed by atoms with Crippen molar-refractivity contribution in [3.8, 4) is 0 Å². The Kier molecular flexibility index (Phi) is 6.71. The highest BCUT2D eigenvalue weighted by atomic mass is 35.5. The summed E-state index contributed by atoms with van der Waals surface area (Å²) in [5.41, 5.74) is 2.02. The SMILES string of the molecule is Cc1ccc(NC(=O)CCNC(=O)N2CCN(c3ccccc3Cl)CC2)nc1. The number of anilines is 2. The molecule has 1 fully saturated rings. The van der Waals surface area contributed by atoms with Crippen LogP contribution in [0.4, 0.5) is 16.3 Å². The molecule has 0 spiro atoms. The Morgan fingerprint density at radius 2 is 1.86 bits per heavy atom. The quantitative estimate of drug-likeness (QED) is 0.807. The van der Waals surface area contributed by atoms with Crippen LogP contribution in [0.2, 0.25) is 5.02 Å². The number of pyridine rings is 1. The number of nitrogens with one attached hydrogen (secondary N) is 2. The van der Waals surface area contributed by atoms with Crippen LogP contribution >= 0.6 is 11.6 Å². The van der Waals surface area contributed by atoms with Crippen molar-refractivity contribution in [1.29, 1.82) is 0 Å². The molecule has 1 aromatic carbocycles. The minimum Gasteiger partial charge on any atom is -0.367 e. The molecular formula is C20H24ClN5O2. The molecule has 2 N–H and O–H groups in total. The average Bonchev–Trinajstić information content (AvgIpc) is 2.70. The van der Waals surface area contributed by atoms with Gasteiger partial charge in [0.05, 0.1) is 10.7 Å². The first kappa shape index (κ1) is 19.9. The van der Waals surface area contributed by atoms with E-state index >= 15 is 0 Å². The summed E-state index contributed by atoms with van der Waals surface area (Å²) in [6, 6.07) is 11.2. The Hall–Kier alpha value is -2.80. The molecule has 148 valence electrons. The van der Waals surface area contributed by atoms with Gasteiger partial charge >= 0.3 is 6.03 Å². The van der Waals surface area contributed by atoms with Crippen LogP contribution in [0.5, 0.6) is 0 Å². The lowest BCUT2D eigenvalue weighted by Crippen LogP contribution is -2.52. The zero-order valence-electron chi connectivity index (χ0n) is 15.8. The number of urea groups is 1. The molecule has 0 atom stereocenters. The maximum Gasteiger partial charge on any atom is 0.317 e. The fourth-order valence-electron chi connectivity index (χ4n) is 3.00. The Balaban J connectivity index is 1.38. The number of nitrogens with zero attached hydrogens (tertiary/aromatic N) is 3. The summed E-state index contributed by atoms with van der Waals surface area (Å²) < 4.78 is 0. The van der Waals surface area contributed by atoms with Crippen molar-refractivity contribution in [2.24, 2.45) is 0 Å². The van der Waals surface area contributed by atoms with E-state index in [4.69, 9.17) is 11.6 Å².